The minimum Gasteiger partial charge on any atom is -0.490 e. The minimum absolute atomic E-state index is 0.246. The SMILES string of the molecule is CCOc1cc(/C=C2\N=C(c3ccc(I)cc3)OC2=O)cc(I)c1OCc1ccccc1C. The molecule has 0 aliphatic carbocycles. The van der Waals surface area contributed by atoms with Crippen LogP contribution in [0.1, 0.15) is 29.2 Å². The Hall–Kier alpha value is -2.40. The lowest BCUT2D eigenvalue weighted by Crippen LogP contribution is -2.05. The van der Waals surface area contributed by atoms with E-state index in [0.717, 1.165) is 23.8 Å². The summed E-state index contributed by atoms with van der Waals surface area (Å²) in [4.78, 5) is 16.8. The molecule has 0 unspecified atom stereocenters. The topological polar surface area (TPSA) is 57.1 Å². The lowest BCUT2D eigenvalue weighted by atomic mass is 10.1. The highest BCUT2D eigenvalue weighted by Gasteiger charge is 2.24. The number of rotatable bonds is 7. The second-order valence-corrected chi connectivity index (χ2v) is 9.73. The van der Waals surface area contributed by atoms with Gasteiger partial charge in [-0.2, -0.15) is 0 Å². The van der Waals surface area contributed by atoms with Crippen LogP contribution in [0.3, 0.4) is 0 Å². The van der Waals surface area contributed by atoms with Crippen LogP contribution < -0.4 is 9.47 Å². The first-order valence-electron chi connectivity index (χ1n) is 10.4. The van der Waals surface area contributed by atoms with Crippen molar-refractivity contribution in [2.24, 2.45) is 4.99 Å². The van der Waals surface area contributed by atoms with Gasteiger partial charge in [-0.1, -0.05) is 24.3 Å². The molecule has 0 bridgehead atoms. The van der Waals surface area contributed by atoms with Crippen LogP contribution in [0.2, 0.25) is 0 Å². The number of carbonyl (C=O) groups is 1. The molecule has 0 saturated carbocycles. The van der Waals surface area contributed by atoms with E-state index in [0.29, 0.717) is 30.6 Å². The fraction of sp³-hybridized carbons (Fsp3) is 0.154. The van der Waals surface area contributed by atoms with E-state index in [1.165, 1.54) is 5.56 Å². The molecule has 3 aromatic carbocycles. The zero-order valence-corrected chi connectivity index (χ0v) is 22.4. The first-order chi connectivity index (χ1) is 15.9. The van der Waals surface area contributed by atoms with E-state index < -0.39 is 5.97 Å². The highest BCUT2D eigenvalue weighted by Crippen LogP contribution is 2.36. The Bertz CT molecular complexity index is 1250. The number of halogens is 2. The average molecular weight is 665 g/mol. The van der Waals surface area contributed by atoms with Crippen molar-refractivity contribution in [2.75, 3.05) is 6.61 Å². The molecule has 0 aromatic heterocycles. The van der Waals surface area contributed by atoms with E-state index >= 15 is 0 Å². The van der Waals surface area contributed by atoms with E-state index in [1.807, 2.05) is 55.5 Å². The third-order valence-corrected chi connectivity index (χ3v) is 6.50. The molecule has 1 aliphatic heterocycles. The van der Waals surface area contributed by atoms with Crippen LogP contribution >= 0.6 is 45.2 Å². The normalized spacial score (nSPS) is 14.2. The number of hydrogen-bond donors (Lipinski definition) is 0. The monoisotopic (exact) mass is 665 g/mol. The Morgan fingerprint density at radius 1 is 1.03 bits per heavy atom. The molecule has 3 aromatic rings. The lowest BCUT2D eigenvalue weighted by molar-refractivity contribution is -0.129. The van der Waals surface area contributed by atoms with Gasteiger partial charge < -0.3 is 14.2 Å². The van der Waals surface area contributed by atoms with Gasteiger partial charge >= 0.3 is 5.97 Å². The maximum absolute atomic E-state index is 12.4. The number of ether oxygens (including phenoxy) is 3. The Morgan fingerprint density at radius 3 is 2.52 bits per heavy atom. The molecular formula is C26H21I2NO4. The fourth-order valence-electron chi connectivity index (χ4n) is 3.28. The fourth-order valence-corrected chi connectivity index (χ4v) is 4.42. The van der Waals surface area contributed by atoms with Gasteiger partial charge in [0.1, 0.15) is 6.61 Å². The molecule has 0 fully saturated rings. The zero-order chi connectivity index (χ0) is 23.4. The minimum atomic E-state index is -0.476. The van der Waals surface area contributed by atoms with Gasteiger partial charge in [0, 0.05) is 9.13 Å². The Kier molecular flexibility index (Phi) is 7.69. The molecule has 0 radical (unpaired) electrons. The van der Waals surface area contributed by atoms with Gasteiger partial charge in [0.2, 0.25) is 5.90 Å². The van der Waals surface area contributed by atoms with Crippen molar-refractivity contribution in [3.05, 3.63) is 95.8 Å². The Balaban J connectivity index is 1.61. The maximum Gasteiger partial charge on any atom is 0.363 e. The molecule has 7 heteroatoms. The largest absolute Gasteiger partial charge is 0.490 e. The molecule has 0 saturated heterocycles. The summed E-state index contributed by atoms with van der Waals surface area (Å²) >= 11 is 4.45. The lowest BCUT2D eigenvalue weighted by Gasteiger charge is -2.15. The standard InChI is InChI=1S/C26H21I2NO4/c1-3-31-23-14-17(12-21(28)24(23)32-15-19-7-5-4-6-16(19)2)13-22-26(30)33-25(29-22)18-8-10-20(27)11-9-18/h4-14H,3,15H2,1-2H3/b22-13-. The van der Waals surface area contributed by atoms with Gasteiger partial charge in [0.05, 0.1) is 10.2 Å². The van der Waals surface area contributed by atoms with Crippen molar-refractivity contribution in [1.29, 1.82) is 0 Å². The molecule has 4 rings (SSSR count). The van der Waals surface area contributed by atoms with E-state index in [-0.39, 0.29) is 5.70 Å². The molecule has 5 nitrogen and oxygen atoms in total. The van der Waals surface area contributed by atoms with Gasteiger partial charge in [-0.3, -0.25) is 0 Å². The van der Waals surface area contributed by atoms with E-state index in [4.69, 9.17) is 14.2 Å². The van der Waals surface area contributed by atoms with Gasteiger partial charge in [0.25, 0.3) is 0 Å². The van der Waals surface area contributed by atoms with Crippen LogP contribution in [0.4, 0.5) is 0 Å². The number of benzene rings is 3. The Labute approximate surface area is 220 Å². The number of nitrogens with zero attached hydrogens (tertiary/aromatic N) is 1. The third-order valence-electron chi connectivity index (χ3n) is 4.98. The van der Waals surface area contributed by atoms with Gasteiger partial charge in [-0.05, 0) is 118 Å². The van der Waals surface area contributed by atoms with Crippen LogP contribution in [0.15, 0.2) is 71.4 Å². The van der Waals surface area contributed by atoms with Crippen LogP contribution in [-0.2, 0) is 16.1 Å². The summed E-state index contributed by atoms with van der Waals surface area (Å²) in [5.74, 6) is 1.13. The molecule has 0 atom stereocenters. The number of hydrogen-bond acceptors (Lipinski definition) is 5. The Morgan fingerprint density at radius 2 is 1.79 bits per heavy atom. The molecule has 1 aliphatic rings. The van der Waals surface area contributed by atoms with Crippen LogP contribution in [-0.4, -0.2) is 18.5 Å². The first kappa shape index (κ1) is 23.7. The van der Waals surface area contributed by atoms with Crippen LogP contribution in [0, 0.1) is 14.1 Å². The van der Waals surface area contributed by atoms with Crippen molar-refractivity contribution in [2.45, 2.75) is 20.5 Å². The molecule has 0 N–H and O–H groups in total. The first-order valence-corrected chi connectivity index (χ1v) is 12.5. The van der Waals surface area contributed by atoms with E-state index in [9.17, 15) is 4.79 Å². The molecule has 33 heavy (non-hydrogen) atoms. The van der Waals surface area contributed by atoms with E-state index in [2.05, 4.69) is 69.2 Å². The summed E-state index contributed by atoms with van der Waals surface area (Å²) < 4.78 is 19.4. The van der Waals surface area contributed by atoms with Crippen molar-refractivity contribution < 1.29 is 19.0 Å². The smallest absolute Gasteiger partial charge is 0.363 e. The number of cyclic esters (lactones) is 1. The highest BCUT2D eigenvalue weighted by atomic mass is 127. The summed E-state index contributed by atoms with van der Waals surface area (Å²) in [7, 11) is 0. The van der Waals surface area contributed by atoms with Crippen LogP contribution in [0.25, 0.3) is 6.08 Å². The second-order valence-electron chi connectivity index (χ2n) is 7.32. The quantitative estimate of drug-likeness (QED) is 0.164. The van der Waals surface area contributed by atoms with Gasteiger partial charge in [-0.15, -0.1) is 0 Å². The molecule has 0 amide bonds. The van der Waals surface area contributed by atoms with Crippen molar-refractivity contribution in [1.82, 2.24) is 0 Å². The summed E-state index contributed by atoms with van der Waals surface area (Å²) in [6, 6.07) is 19.6. The average Bonchev–Trinajstić information content (AvgIpc) is 3.15. The number of carbonyl (C=O) groups excluding carboxylic acids is 1. The maximum atomic E-state index is 12.4. The predicted molar refractivity (Wildman–Crippen MR) is 146 cm³/mol. The number of aryl methyl sites for hydroxylation is 1. The number of esters is 1. The zero-order valence-electron chi connectivity index (χ0n) is 18.1. The van der Waals surface area contributed by atoms with Gasteiger partial charge in [-0.25, -0.2) is 9.79 Å². The summed E-state index contributed by atoms with van der Waals surface area (Å²) in [5, 5.41) is 0. The highest BCUT2D eigenvalue weighted by molar-refractivity contribution is 14.1. The van der Waals surface area contributed by atoms with E-state index in [1.54, 1.807) is 6.08 Å². The van der Waals surface area contributed by atoms with Gasteiger partial charge in [0.15, 0.2) is 17.2 Å². The van der Waals surface area contributed by atoms with Crippen molar-refractivity contribution >= 4 is 63.1 Å². The van der Waals surface area contributed by atoms with Crippen molar-refractivity contribution in [3.63, 3.8) is 0 Å². The molecular weight excluding hydrogens is 644 g/mol. The van der Waals surface area contributed by atoms with Crippen LogP contribution in [0.5, 0.6) is 11.5 Å². The summed E-state index contributed by atoms with van der Waals surface area (Å²) in [6.07, 6.45) is 1.71. The van der Waals surface area contributed by atoms with Crippen molar-refractivity contribution in [3.8, 4) is 11.5 Å². The summed E-state index contributed by atoms with van der Waals surface area (Å²) in [5.41, 5.74) is 4.08. The molecule has 168 valence electrons. The number of aliphatic imine (C=N–C) groups is 1. The molecule has 0 spiro atoms. The predicted octanol–water partition coefficient (Wildman–Crippen LogP) is 6.53. The molecule has 1 heterocycles. The summed E-state index contributed by atoms with van der Waals surface area (Å²) in [6.45, 7) is 4.93. The third kappa shape index (κ3) is 5.75. The second kappa shape index (κ2) is 10.7.